The minimum absolute atomic E-state index is 0.289. The van der Waals surface area contributed by atoms with Crippen molar-refractivity contribution in [2.24, 2.45) is 0 Å². The third-order valence-corrected chi connectivity index (χ3v) is 6.46. The summed E-state index contributed by atoms with van der Waals surface area (Å²) in [4.78, 5) is 9.92. The molecule has 156 valence electrons. The average molecular weight is 429 g/mol. The normalized spacial score (nSPS) is 11.6. The maximum atomic E-state index is 9.49. The molecule has 31 heavy (non-hydrogen) atoms. The largest absolute Gasteiger partial charge is 0.508 e. The number of fused-ring (bicyclic) bond motifs is 2. The van der Waals surface area contributed by atoms with Gasteiger partial charge in [0.05, 0.1) is 5.39 Å². The summed E-state index contributed by atoms with van der Waals surface area (Å²) in [7, 11) is 0. The van der Waals surface area contributed by atoms with Gasteiger partial charge in [-0.15, -0.1) is 11.3 Å². The van der Waals surface area contributed by atoms with Gasteiger partial charge in [0, 0.05) is 39.8 Å². The van der Waals surface area contributed by atoms with Crippen LogP contribution in [0, 0.1) is 0 Å². The summed E-state index contributed by atoms with van der Waals surface area (Å²) in [5.41, 5.74) is 3.18. The number of rotatable bonds is 6. The van der Waals surface area contributed by atoms with E-state index in [2.05, 4.69) is 65.6 Å². The SMILES string of the molecule is CC(C)n1ccc2c(NCCc3ccc(O)cc3)nc(-c3csc4ccccc34)nc21. The van der Waals surface area contributed by atoms with Crippen LogP contribution in [0.4, 0.5) is 5.82 Å². The highest BCUT2D eigenvalue weighted by atomic mass is 32.1. The van der Waals surface area contributed by atoms with Crippen molar-refractivity contribution < 1.29 is 5.11 Å². The first-order chi connectivity index (χ1) is 15.1. The molecule has 2 N–H and O–H groups in total. The highest BCUT2D eigenvalue weighted by Crippen LogP contribution is 2.34. The summed E-state index contributed by atoms with van der Waals surface area (Å²) in [6, 6.07) is 18.1. The minimum Gasteiger partial charge on any atom is -0.508 e. The molecule has 0 saturated heterocycles. The van der Waals surface area contributed by atoms with Gasteiger partial charge in [-0.2, -0.15) is 0 Å². The van der Waals surface area contributed by atoms with E-state index in [4.69, 9.17) is 9.97 Å². The number of hydrogen-bond donors (Lipinski definition) is 2. The summed E-state index contributed by atoms with van der Waals surface area (Å²) < 4.78 is 3.43. The van der Waals surface area contributed by atoms with E-state index in [0.29, 0.717) is 6.04 Å². The van der Waals surface area contributed by atoms with Crippen molar-refractivity contribution in [2.45, 2.75) is 26.3 Å². The fraction of sp³-hybridized carbons (Fsp3) is 0.200. The van der Waals surface area contributed by atoms with Gasteiger partial charge >= 0.3 is 0 Å². The number of nitrogens with zero attached hydrogens (tertiary/aromatic N) is 3. The number of aromatic hydroxyl groups is 1. The summed E-state index contributed by atoms with van der Waals surface area (Å²) in [6.45, 7) is 5.08. The molecule has 0 amide bonds. The van der Waals surface area contributed by atoms with Crippen LogP contribution in [-0.2, 0) is 6.42 Å². The van der Waals surface area contributed by atoms with Gasteiger partial charge in [0.1, 0.15) is 17.2 Å². The number of phenolic OH excluding ortho intramolecular Hbond substituents is 1. The Bertz CT molecular complexity index is 1350. The van der Waals surface area contributed by atoms with E-state index in [1.807, 2.05) is 12.1 Å². The highest BCUT2D eigenvalue weighted by Gasteiger charge is 2.16. The molecule has 0 saturated carbocycles. The van der Waals surface area contributed by atoms with Crippen molar-refractivity contribution in [3.8, 4) is 17.1 Å². The van der Waals surface area contributed by atoms with Crippen molar-refractivity contribution in [1.82, 2.24) is 14.5 Å². The lowest BCUT2D eigenvalue weighted by atomic mass is 10.1. The van der Waals surface area contributed by atoms with Gasteiger partial charge in [-0.3, -0.25) is 0 Å². The summed E-state index contributed by atoms with van der Waals surface area (Å²) >= 11 is 1.72. The molecule has 3 heterocycles. The second-order valence-corrected chi connectivity index (χ2v) is 8.85. The topological polar surface area (TPSA) is 63.0 Å². The Kier molecular flexibility index (Phi) is 5.08. The van der Waals surface area contributed by atoms with Gasteiger partial charge in [0.15, 0.2) is 5.82 Å². The molecule has 0 radical (unpaired) electrons. The number of nitrogens with one attached hydrogen (secondary N) is 1. The van der Waals surface area contributed by atoms with Gasteiger partial charge in [-0.25, -0.2) is 9.97 Å². The minimum atomic E-state index is 0.289. The van der Waals surface area contributed by atoms with Crippen molar-refractivity contribution in [1.29, 1.82) is 0 Å². The highest BCUT2D eigenvalue weighted by molar-refractivity contribution is 7.17. The second kappa shape index (κ2) is 8.04. The van der Waals surface area contributed by atoms with E-state index in [-0.39, 0.29) is 5.75 Å². The molecule has 0 bridgehead atoms. The van der Waals surface area contributed by atoms with Crippen LogP contribution in [0.15, 0.2) is 66.2 Å². The van der Waals surface area contributed by atoms with Crippen LogP contribution < -0.4 is 5.32 Å². The lowest BCUT2D eigenvalue weighted by Crippen LogP contribution is -2.09. The molecular weight excluding hydrogens is 404 g/mol. The second-order valence-electron chi connectivity index (χ2n) is 7.94. The Labute approximate surface area is 185 Å². The number of aromatic nitrogens is 3. The van der Waals surface area contributed by atoms with Crippen LogP contribution in [0.5, 0.6) is 5.75 Å². The molecule has 3 aromatic heterocycles. The lowest BCUT2D eigenvalue weighted by Gasteiger charge is -2.12. The van der Waals surface area contributed by atoms with Gasteiger partial charge in [0.2, 0.25) is 0 Å². The molecule has 5 aromatic rings. The van der Waals surface area contributed by atoms with Crippen LogP contribution >= 0.6 is 11.3 Å². The van der Waals surface area contributed by atoms with Crippen molar-refractivity contribution in [2.75, 3.05) is 11.9 Å². The van der Waals surface area contributed by atoms with E-state index in [1.165, 1.54) is 15.6 Å². The first-order valence-corrected chi connectivity index (χ1v) is 11.3. The van der Waals surface area contributed by atoms with Crippen LogP contribution in [0.3, 0.4) is 0 Å². The third kappa shape index (κ3) is 3.75. The standard InChI is InChI=1S/C25H24N4OS/c1-16(2)29-14-12-20-23(26-13-11-17-7-9-18(30)10-8-17)27-24(28-25(20)29)21-15-31-22-6-4-3-5-19(21)22/h3-10,12,14-16,30H,11,13H2,1-2H3,(H,26,27,28). The Balaban J connectivity index is 1.54. The quantitative estimate of drug-likeness (QED) is 0.335. The van der Waals surface area contributed by atoms with E-state index < -0.39 is 0 Å². The molecule has 5 nitrogen and oxygen atoms in total. The molecule has 0 aliphatic carbocycles. The van der Waals surface area contributed by atoms with E-state index >= 15 is 0 Å². The van der Waals surface area contributed by atoms with Gasteiger partial charge in [-0.1, -0.05) is 30.3 Å². The molecule has 0 aliphatic rings. The summed E-state index contributed by atoms with van der Waals surface area (Å²) in [5, 5.41) is 17.4. The predicted molar refractivity (Wildman–Crippen MR) is 129 cm³/mol. The Morgan fingerprint density at radius 3 is 2.61 bits per heavy atom. The number of benzene rings is 2. The first-order valence-electron chi connectivity index (χ1n) is 10.5. The van der Waals surface area contributed by atoms with Gasteiger partial charge in [0.25, 0.3) is 0 Å². The van der Waals surface area contributed by atoms with Crippen molar-refractivity contribution in [3.05, 3.63) is 71.7 Å². The molecule has 0 aliphatic heterocycles. The maximum Gasteiger partial charge on any atom is 0.165 e. The maximum absolute atomic E-state index is 9.49. The number of hydrogen-bond acceptors (Lipinski definition) is 5. The fourth-order valence-corrected chi connectivity index (χ4v) is 4.78. The van der Waals surface area contributed by atoms with Crippen molar-refractivity contribution >= 4 is 38.3 Å². The lowest BCUT2D eigenvalue weighted by molar-refractivity contribution is 0.475. The van der Waals surface area contributed by atoms with Crippen LogP contribution in [0.25, 0.3) is 32.5 Å². The molecule has 6 heteroatoms. The Morgan fingerprint density at radius 2 is 1.81 bits per heavy atom. The molecule has 5 rings (SSSR count). The number of thiophene rings is 1. The zero-order valence-electron chi connectivity index (χ0n) is 17.5. The van der Waals surface area contributed by atoms with Crippen molar-refractivity contribution in [3.63, 3.8) is 0 Å². The fourth-order valence-electron chi connectivity index (χ4n) is 3.84. The summed E-state index contributed by atoms with van der Waals surface area (Å²) in [5.74, 6) is 1.89. The zero-order chi connectivity index (χ0) is 21.4. The first kappa shape index (κ1) is 19.6. The van der Waals surface area contributed by atoms with Crippen LogP contribution in [0.2, 0.25) is 0 Å². The average Bonchev–Trinajstić information content (AvgIpc) is 3.39. The number of phenols is 1. The van der Waals surface area contributed by atoms with Gasteiger partial charge < -0.3 is 15.0 Å². The molecule has 0 spiro atoms. The predicted octanol–water partition coefficient (Wildman–Crippen LogP) is 6.25. The smallest absolute Gasteiger partial charge is 0.165 e. The zero-order valence-corrected chi connectivity index (χ0v) is 18.4. The molecule has 0 unspecified atom stereocenters. The monoisotopic (exact) mass is 428 g/mol. The Morgan fingerprint density at radius 1 is 1.00 bits per heavy atom. The summed E-state index contributed by atoms with van der Waals surface area (Å²) in [6.07, 6.45) is 2.93. The molecule has 2 aromatic carbocycles. The third-order valence-electron chi connectivity index (χ3n) is 5.49. The van der Waals surface area contributed by atoms with Crippen LogP contribution in [0.1, 0.15) is 25.5 Å². The molecule has 0 atom stereocenters. The Hall–Kier alpha value is -3.38. The molecular formula is C25H24N4OS. The number of anilines is 1. The van der Waals surface area contributed by atoms with E-state index in [1.54, 1.807) is 23.5 Å². The molecule has 0 fully saturated rings. The van der Waals surface area contributed by atoms with Gasteiger partial charge in [-0.05, 0) is 50.1 Å². The van der Waals surface area contributed by atoms with E-state index in [9.17, 15) is 5.11 Å². The van der Waals surface area contributed by atoms with E-state index in [0.717, 1.165) is 41.2 Å². The van der Waals surface area contributed by atoms with Crippen LogP contribution in [-0.4, -0.2) is 26.2 Å².